The Hall–Kier alpha value is -2.71. The van der Waals surface area contributed by atoms with Gasteiger partial charge in [-0.2, -0.15) is 5.26 Å². The van der Waals surface area contributed by atoms with Crippen LogP contribution in [-0.4, -0.2) is 19.2 Å². The Bertz CT molecular complexity index is 959. The first-order valence-corrected chi connectivity index (χ1v) is 13.2. The van der Waals surface area contributed by atoms with Crippen LogP contribution in [0, 0.1) is 23.1 Å². The molecule has 35 heavy (non-hydrogen) atoms. The summed E-state index contributed by atoms with van der Waals surface area (Å²) in [6.07, 6.45) is 13.8. The summed E-state index contributed by atoms with van der Waals surface area (Å²) in [6, 6.07) is 13.1. The third-order valence-corrected chi connectivity index (χ3v) is 6.98. The predicted molar refractivity (Wildman–Crippen MR) is 136 cm³/mol. The van der Waals surface area contributed by atoms with Crippen molar-refractivity contribution in [2.24, 2.45) is 5.92 Å². The molecule has 0 unspecified atom stereocenters. The van der Waals surface area contributed by atoms with Crippen molar-refractivity contribution in [1.29, 1.82) is 5.26 Å². The van der Waals surface area contributed by atoms with Gasteiger partial charge in [-0.15, -0.1) is 0 Å². The maximum Gasteiger partial charge on any atom is 0.343 e. The number of benzene rings is 2. The van der Waals surface area contributed by atoms with Gasteiger partial charge in [0.1, 0.15) is 17.6 Å². The van der Waals surface area contributed by atoms with Gasteiger partial charge in [0.25, 0.3) is 0 Å². The fraction of sp³-hybridized carbons (Fsp3) is 0.533. The van der Waals surface area contributed by atoms with E-state index in [0.29, 0.717) is 17.4 Å². The number of esters is 1. The van der Waals surface area contributed by atoms with Crippen molar-refractivity contribution < 1.29 is 18.7 Å². The summed E-state index contributed by atoms with van der Waals surface area (Å²) in [5.41, 5.74) is 1.59. The topological polar surface area (TPSA) is 59.3 Å². The molecule has 1 aliphatic rings. The molecule has 3 rings (SSSR count). The van der Waals surface area contributed by atoms with Crippen molar-refractivity contribution >= 4 is 5.97 Å². The Labute approximate surface area is 209 Å². The second-order valence-corrected chi connectivity index (χ2v) is 9.68. The SMILES string of the molecule is CCCCCCCCCOC[C@H]1CC[C@H](c2ccc(C(=O)Oc3ccc(C#N)c(F)c3)cc2)CC1. The minimum atomic E-state index is -0.702. The molecule has 0 aromatic heterocycles. The minimum Gasteiger partial charge on any atom is -0.423 e. The number of hydrogen-bond acceptors (Lipinski definition) is 4. The molecule has 1 fully saturated rings. The Kier molecular flexibility index (Phi) is 11.2. The first kappa shape index (κ1) is 26.9. The molecule has 2 aromatic carbocycles. The molecule has 0 atom stereocenters. The van der Waals surface area contributed by atoms with Crippen LogP contribution in [0.4, 0.5) is 4.39 Å². The third-order valence-electron chi connectivity index (χ3n) is 6.98. The average molecular weight is 480 g/mol. The highest BCUT2D eigenvalue weighted by molar-refractivity contribution is 5.91. The van der Waals surface area contributed by atoms with Crippen molar-refractivity contribution in [2.75, 3.05) is 13.2 Å². The molecule has 5 heteroatoms. The van der Waals surface area contributed by atoms with Gasteiger partial charge in [-0.25, -0.2) is 9.18 Å². The molecule has 1 aliphatic carbocycles. The zero-order valence-electron chi connectivity index (χ0n) is 20.9. The summed E-state index contributed by atoms with van der Waals surface area (Å²) in [5, 5.41) is 8.81. The highest BCUT2D eigenvalue weighted by atomic mass is 19.1. The summed E-state index contributed by atoms with van der Waals surface area (Å²) in [4.78, 5) is 12.4. The van der Waals surface area contributed by atoms with E-state index in [0.717, 1.165) is 32.1 Å². The molecule has 0 N–H and O–H groups in total. The highest BCUT2D eigenvalue weighted by Gasteiger charge is 2.23. The minimum absolute atomic E-state index is 0.0800. The molecule has 4 nitrogen and oxygen atoms in total. The monoisotopic (exact) mass is 479 g/mol. The molecule has 0 radical (unpaired) electrons. The zero-order valence-corrected chi connectivity index (χ0v) is 20.9. The Morgan fingerprint density at radius 2 is 1.66 bits per heavy atom. The summed E-state index contributed by atoms with van der Waals surface area (Å²) in [5.74, 6) is 0.00227. The first-order chi connectivity index (χ1) is 17.1. The number of hydrogen-bond donors (Lipinski definition) is 0. The number of nitrogens with zero attached hydrogens (tertiary/aromatic N) is 1. The molecule has 0 saturated heterocycles. The lowest BCUT2D eigenvalue weighted by Gasteiger charge is -2.28. The molecular weight excluding hydrogens is 441 g/mol. The number of carbonyl (C=O) groups excluding carboxylic acids is 1. The van der Waals surface area contributed by atoms with Crippen LogP contribution in [-0.2, 0) is 4.74 Å². The van der Waals surface area contributed by atoms with Crippen LogP contribution in [0.1, 0.15) is 105 Å². The largest absolute Gasteiger partial charge is 0.423 e. The fourth-order valence-corrected chi connectivity index (χ4v) is 4.78. The van der Waals surface area contributed by atoms with Gasteiger partial charge < -0.3 is 9.47 Å². The third kappa shape index (κ3) is 8.78. The second kappa shape index (κ2) is 14.6. The zero-order chi connectivity index (χ0) is 24.9. The molecule has 0 bridgehead atoms. The van der Waals surface area contributed by atoms with Crippen molar-refractivity contribution in [1.82, 2.24) is 0 Å². The highest BCUT2D eigenvalue weighted by Crippen LogP contribution is 2.36. The van der Waals surface area contributed by atoms with Gasteiger partial charge in [-0.05, 0) is 73.8 Å². The van der Waals surface area contributed by atoms with Crippen molar-refractivity contribution in [2.45, 2.75) is 83.5 Å². The smallest absolute Gasteiger partial charge is 0.343 e. The molecule has 188 valence electrons. The van der Waals surface area contributed by atoms with E-state index in [-0.39, 0.29) is 11.3 Å². The maximum atomic E-state index is 13.7. The number of rotatable bonds is 13. The van der Waals surface area contributed by atoms with Gasteiger partial charge in [0.2, 0.25) is 0 Å². The van der Waals surface area contributed by atoms with Crippen molar-refractivity contribution in [3.63, 3.8) is 0 Å². The number of ether oxygens (including phenoxy) is 2. The lowest BCUT2D eigenvalue weighted by atomic mass is 9.79. The van der Waals surface area contributed by atoms with Gasteiger partial charge in [-0.3, -0.25) is 0 Å². The van der Waals surface area contributed by atoms with E-state index < -0.39 is 11.8 Å². The molecule has 0 heterocycles. The number of halogens is 1. The fourth-order valence-electron chi connectivity index (χ4n) is 4.78. The maximum absolute atomic E-state index is 13.7. The summed E-state index contributed by atoms with van der Waals surface area (Å²) >= 11 is 0. The van der Waals surface area contributed by atoms with Crippen molar-refractivity contribution in [3.8, 4) is 11.8 Å². The molecule has 2 aromatic rings. The standard InChI is InChI=1S/C30H38FNO3/c1-2-3-4-5-6-7-8-19-34-22-23-9-11-24(12-10-23)25-13-15-26(16-14-25)30(33)35-28-18-17-27(21-32)29(31)20-28/h13-18,20,23-24H,2-12,19,22H2,1H3/t23-,24-. The normalized spacial score (nSPS) is 17.6. The Morgan fingerprint density at radius 3 is 2.31 bits per heavy atom. The van der Waals surface area contributed by atoms with E-state index >= 15 is 0 Å². The van der Waals surface area contributed by atoms with E-state index in [2.05, 4.69) is 6.92 Å². The molecule has 1 saturated carbocycles. The summed E-state index contributed by atoms with van der Waals surface area (Å²) in [6.45, 7) is 4.02. The van der Waals surface area contributed by atoms with E-state index in [4.69, 9.17) is 14.7 Å². The van der Waals surface area contributed by atoms with Crippen LogP contribution in [0.2, 0.25) is 0 Å². The lowest BCUT2D eigenvalue weighted by molar-refractivity contribution is 0.0734. The number of nitriles is 1. The van der Waals surface area contributed by atoms with Crippen LogP contribution in [0.15, 0.2) is 42.5 Å². The predicted octanol–water partition coefficient (Wildman–Crippen LogP) is 7.96. The van der Waals surface area contributed by atoms with Crippen LogP contribution < -0.4 is 4.74 Å². The van der Waals surface area contributed by atoms with Gasteiger partial charge in [0, 0.05) is 19.3 Å². The Balaban J connectivity index is 1.35. The summed E-state index contributed by atoms with van der Waals surface area (Å²) in [7, 11) is 0. The van der Waals surface area contributed by atoms with E-state index in [1.54, 1.807) is 18.2 Å². The van der Waals surface area contributed by atoms with Gasteiger partial charge in [-0.1, -0.05) is 57.6 Å². The van der Waals surface area contributed by atoms with Crippen molar-refractivity contribution in [3.05, 3.63) is 65.0 Å². The van der Waals surface area contributed by atoms with Gasteiger partial charge >= 0.3 is 5.97 Å². The first-order valence-electron chi connectivity index (χ1n) is 13.2. The molecule has 0 amide bonds. The van der Waals surface area contributed by atoms with E-state index in [1.807, 2.05) is 12.1 Å². The average Bonchev–Trinajstić information content (AvgIpc) is 2.88. The summed E-state index contributed by atoms with van der Waals surface area (Å²) < 4.78 is 25.0. The van der Waals surface area contributed by atoms with Crippen LogP contribution >= 0.6 is 0 Å². The van der Waals surface area contributed by atoms with Gasteiger partial charge in [0.15, 0.2) is 0 Å². The van der Waals surface area contributed by atoms with Crippen LogP contribution in [0.3, 0.4) is 0 Å². The molecular formula is C30H38FNO3. The quantitative estimate of drug-likeness (QED) is 0.166. The number of carbonyl (C=O) groups is 1. The lowest BCUT2D eigenvalue weighted by Crippen LogP contribution is -2.18. The number of unbranched alkanes of at least 4 members (excludes halogenated alkanes) is 6. The molecule has 0 aliphatic heterocycles. The van der Waals surface area contributed by atoms with E-state index in [9.17, 15) is 9.18 Å². The van der Waals surface area contributed by atoms with E-state index in [1.165, 1.54) is 75.5 Å². The molecule has 0 spiro atoms. The van der Waals surface area contributed by atoms with Crippen LogP contribution in [0.25, 0.3) is 0 Å². The Morgan fingerprint density at radius 1 is 0.971 bits per heavy atom. The van der Waals surface area contributed by atoms with Gasteiger partial charge in [0.05, 0.1) is 11.1 Å². The second-order valence-electron chi connectivity index (χ2n) is 9.68. The van der Waals surface area contributed by atoms with Crippen LogP contribution in [0.5, 0.6) is 5.75 Å².